The van der Waals surface area contributed by atoms with Crippen LogP contribution in [0.25, 0.3) is 0 Å². The number of carbonyl (C=O) groups excluding carboxylic acids is 2. The standard InChI is InChI=1S/C29H32ClN3O6S/c1-3-40(36,37)33(24-12-13-26-27(18-24)39-15-14-38-26)20-28(34)32(19-22-10-7-11-23(30)16-22)25(29(35)31-2)17-21-8-5-4-6-9-21/h4-13,16,18,25H,3,14-15,17,19-20H2,1-2H3,(H,31,35). The van der Waals surface area contributed by atoms with Gasteiger partial charge < -0.3 is 19.7 Å². The number of sulfonamides is 1. The summed E-state index contributed by atoms with van der Waals surface area (Å²) in [7, 11) is -2.39. The molecule has 0 saturated carbocycles. The predicted octanol–water partition coefficient (Wildman–Crippen LogP) is 3.65. The number of halogens is 1. The van der Waals surface area contributed by atoms with Crippen molar-refractivity contribution in [1.82, 2.24) is 10.2 Å². The van der Waals surface area contributed by atoms with Gasteiger partial charge in [0.15, 0.2) is 11.5 Å². The van der Waals surface area contributed by atoms with E-state index in [9.17, 15) is 18.0 Å². The van der Waals surface area contributed by atoms with Gasteiger partial charge >= 0.3 is 0 Å². The van der Waals surface area contributed by atoms with Crippen LogP contribution < -0.4 is 19.1 Å². The number of nitrogens with zero attached hydrogens (tertiary/aromatic N) is 2. The number of benzene rings is 3. The Balaban J connectivity index is 1.73. The van der Waals surface area contributed by atoms with E-state index in [0.717, 1.165) is 9.87 Å². The summed E-state index contributed by atoms with van der Waals surface area (Å²) in [6, 6.07) is 20.2. The summed E-state index contributed by atoms with van der Waals surface area (Å²) < 4.78 is 38.8. The minimum Gasteiger partial charge on any atom is -0.486 e. The SMILES string of the molecule is CCS(=O)(=O)N(CC(=O)N(Cc1cccc(Cl)c1)C(Cc1ccccc1)C(=O)NC)c1ccc2c(c1)OCCO2. The number of anilines is 1. The highest BCUT2D eigenvalue weighted by atomic mass is 35.5. The van der Waals surface area contributed by atoms with Crippen molar-refractivity contribution in [3.8, 4) is 11.5 Å². The molecule has 0 spiro atoms. The van der Waals surface area contributed by atoms with Crippen molar-refractivity contribution in [2.45, 2.75) is 25.9 Å². The highest BCUT2D eigenvalue weighted by Gasteiger charge is 2.33. The van der Waals surface area contributed by atoms with Gasteiger partial charge in [-0.15, -0.1) is 0 Å². The van der Waals surface area contributed by atoms with Crippen LogP contribution in [0.5, 0.6) is 11.5 Å². The van der Waals surface area contributed by atoms with Crippen LogP contribution in [0.4, 0.5) is 5.69 Å². The van der Waals surface area contributed by atoms with Gasteiger partial charge in [-0.1, -0.05) is 54.1 Å². The van der Waals surface area contributed by atoms with Gasteiger partial charge in [0.05, 0.1) is 11.4 Å². The lowest BCUT2D eigenvalue weighted by Crippen LogP contribution is -2.53. The number of nitrogens with one attached hydrogen (secondary N) is 1. The fraction of sp³-hybridized carbons (Fsp3) is 0.310. The van der Waals surface area contributed by atoms with E-state index in [1.807, 2.05) is 30.3 Å². The zero-order valence-electron chi connectivity index (χ0n) is 22.4. The van der Waals surface area contributed by atoms with Crippen LogP contribution in [-0.2, 0) is 32.6 Å². The van der Waals surface area contributed by atoms with Crippen molar-refractivity contribution in [2.75, 3.05) is 36.9 Å². The Bertz CT molecular complexity index is 1450. The molecule has 9 nitrogen and oxygen atoms in total. The molecule has 3 aromatic rings. The molecular weight excluding hydrogens is 554 g/mol. The molecule has 1 aliphatic rings. The number of carbonyl (C=O) groups is 2. The molecule has 0 radical (unpaired) electrons. The van der Waals surface area contributed by atoms with Crippen LogP contribution in [0.15, 0.2) is 72.8 Å². The Morgan fingerprint density at radius 1 is 0.950 bits per heavy atom. The molecule has 1 aliphatic heterocycles. The summed E-state index contributed by atoms with van der Waals surface area (Å²) in [5.74, 6) is -0.248. The maximum atomic E-state index is 14.1. The largest absolute Gasteiger partial charge is 0.486 e. The third-order valence-electron chi connectivity index (χ3n) is 6.55. The monoisotopic (exact) mass is 585 g/mol. The molecule has 0 saturated heterocycles. The van der Waals surface area contributed by atoms with E-state index < -0.39 is 28.5 Å². The molecule has 4 rings (SSSR count). The third-order valence-corrected chi connectivity index (χ3v) is 8.53. The summed E-state index contributed by atoms with van der Waals surface area (Å²) in [6.45, 7) is 1.76. The topological polar surface area (TPSA) is 105 Å². The summed E-state index contributed by atoms with van der Waals surface area (Å²) in [5.41, 5.74) is 1.82. The number of amides is 2. The first-order valence-corrected chi connectivity index (χ1v) is 14.9. The third kappa shape index (κ3) is 7.05. The molecule has 0 fully saturated rings. The molecule has 40 heavy (non-hydrogen) atoms. The quantitative estimate of drug-likeness (QED) is 0.368. The average molecular weight is 586 g/mol. The molecule has 1 unspecified atom stereocenters. The number of hydrogen-bond acceptors (Lipinski definition) is 6. The van der Waals surface area contributed by atoms with Gasteiger partial charge in [0.1, 0.15) is 25.8 Å². The molecule has 0 bridgehead atoms. The maximum absolute atomic E-state index is 14.1. The smallest absolute Gasteiger partial charge is 0.244 e. The van der Waals surface area contributed by atoms with Crippen LogP contribution >= 0.6 is 11.6 Å². The molecule has 2 amide bonds. The highest BCUT2D eigenvalue weighted by Crippen LogP contribution is 2.35. The lowest BCUT2D eigenvalue weighted by atomic mass is 10.0. The van der Waals surface area contributed by atoms with E-state index in [2.05, 4.69) is 5.32 Å². The molecular formula is C29H32ClN3O6S. The number of rotatable bonds is 11. The normalized spacial score (nSPS) is 13.3. The second-order valence-corrected chi connectivity index (χ2v) is 11.8. The fourth-order valence-electron chi connectivity index (χ4n) is 4.46. The molecule has 1 heterocycles. The van der Waals surface area contributed by atoms with Crippen molar-refractivity contribution in [3.63, 3.8) is 0 Å². The Kier molecular flexibility index (Phi) is 9.54. The summed E-state index contributed by atoms with van der Waals surface area (Å²) in [4.78, 5) is 28.7. The van der Waals surface area contributed by atoms with Gasteiger partial charge in [0.2, 0.25) is 21.8 Å². The number of likely N-dealkylation sites (N-methyl/N-ethyl adjacent to an activating group) is 1. The minimum absolute atomic E-state index is 0.0471. The first-order chi connectivity index (χ1) is 19.2. The number of hydrogen-bond donors (Lipinski definition) is 1. The Hall–Kier alpha value is -3.76. The van der Waals surface area contributed by atoms with E-state index >= 15 is 0 Å². The number of ether oxygens (including phenoxy) is 2. The summed E-state index contributed by atoms with van der Waals surface area (Å²) >= 11 is 6.22. The van der Waals surface area contributed by atoms with Crippen LogP contribution in [-0.4, -0.2) is 63.7 Å². The first kappa shape index (κ1) is 29.2. The zero-order valence-corrected chi connectivity index (χ0v) is 24.0. The summed E-state index contributed by atoms with van der Waals surface area (Å²) in [5, 5.41) is 3.14. The van der Waals surface area contributed by atoms with Gasteiger partial charge in [0.25, 0.3) is 0 Å². The van der Waals surface area contributed by atoms with Gasteiger partial charge in [-0.2, -0.15) is 0 Å². The zero-order chi connectivity index (χ0) is 28.7. The van der Waals surface area contributed by atoms with Crippen molar-refractivity contribution < 1.29 is 27.5 Å². The Labute approximate surface area is 239 Å². The minimum atomic E-state index is -3.89. The van der Waals surface area contributed by atoms with E-state index in [-0.39, 0.29) is 30.3 Å². The van der Waals surface area contributed by atoms with Crippen LogP contribution in [0.1, 0.15) is 18.1 Å². The van der Waals surface area contributed by atoms with Gasteiger partial charge in [-0.05, 0) is 42.3 Å². The van der Waals surface area contributed by atoms with Crippen molar-refractivity contribution in [2.24, 2.45) is 0 Å². The van der Waals surface area contributed by atoms with Crippen molar-refractivity contribution in [1.29, 1.82) is 0 Å². The predicted molar refractivity (Wildman–Crippen MR) is 154 cm³/mol. The first-order valence-electron chi connectivity index (χ1n) is 12.9. The van der Waals surface area contributed by atoms with Crippen LogP contribution in [0.2, 0.25) is 5.02 Å². The summed E-state index contributed by atoms with van der Waals surface area (Å²) in [6.07, 6.45) is 0.234. The van der Waals surface area contributed by atoms with Crippen molar-refractivity contribution >= 4 is 39.1 Å². The van der Waals surface area contributed by atoms with E-state index in [4.69, 9.17) is 21.1 Å². The Morgan fingerprint density at radius 2 is 1.65 bits per heavy atom. The lowest BCUT2D eigenvalue weighted by Gasteiger charge is -2.33. The fourth-order valence-corrected chi connectivity index (χ4v) is 5.73. The molecule has 212 valence electrons. The van der Waals surface area contributed by atoms with Crippen LogP contribution in [0, 0.1) is 0 Å². The lowest BCUT2D eigenvalue weighted by molar-refractivity contribution is -0.139. The van der Waals surface area contributed by atoms with Gasteiger partial charge in [-0.25, -0.2) is 8.42 Å². The van der Waals surface area contributed by atoms with E-state index in [1.165, 1.54) is 18.9 Å². The van der Waals surface area contributed by atoms with Crippen molar-refractivity contribution in [3.05, 3.63) is 88.9 Å². The molecule has 0 aromatic heterocycles. The molecule has 11 heteroatoms. The van der Waals surface area contributed by atoms with Gasteiger partial charge in [-0.3, -0.25) is 13.9 Å². The van der Waals surface area contributed by atoms with Crippen LogP contribution in [0.3, 0.4) is 0 Å². The Morgan fingerprint density at radius 3 is 2.33 bits per heavy atom. The second-order valence-electron chi connectivity index (χ2n) is 9.21. The molecule has 3 aromatic carbocycles. The number of fused-ring (bicyclic) bond motifs is 1. The molecule has 0 aliphatic carbocycles. The molecule has 1 N–H and O–H groups in total. The van der Waals surface area contributed by atoms with E-state index in [1.54, 1.807) is 42.5 Å². The maximum Gasteiger partial charge on any atom is 0.244 e. The van der Waals surface area contributed by atoms with E-state index in [0.29, 0.717) is 35.3 Å². The average Bonchev–Trinajstić information content (AvgIpc) is 2.97. The molecule has 1 atom stereocenters. The second kappa shape index (κ2) is 13.1. The highest BCUT2D eigenvalue weighted by molar-refractivity contribution is 7.92. The van der Waals surface area contributed by atoms with Gasteiger partial charge in [0, 0.05) is 31.1 Å².